The molecule has 0 fully saturated rings. The van der Waals surface area contributed by atoms with Gasteiger partial charge in [-0.2, -0.15) is 0 Å². The second-order valence-electron chi connectivity index (χ2n) is 16.8. The molecule has 2 aromatic heterocycles. The van der Waals surface area contributed by atoms with E-state index in [0.717, 1.165) is 83.9 Å². The van der Waals surface area contributed by atoms with Crippen molar-refractivity contribution in [2.45, 2.75) is 0 Å². The molecule has 0 bridgehead atoms. The minimum Gasteiger partial charge on any atom is -0.309 e. The number of hydrogen-bond donors (Lipinski definition) is 0. The van der Waals surface area contributed by atoms with Gasteiger partial charge in [-0.1, -0.05) is 200 Å². The standard InChI is InChI=1S/C63H43N5/c1-7-21-44(22-8-1)45-35-37-49(38-36-45)62-64-61(48-27-13-4-14-28-48)65-63(66-62)50-41-55(46-23-9-2-10-24-46)60(56(42-50)47-25-11-3-12-26-47)67(51-29-15-5-16-30-51)53-39-40-59-57(43-53)54-33-19-20-34-58(54)68(59)52-31-17-6-18-32-52/h1-43H. The van der Waals surface area contributed by atoms with Crippen molar-refractivity contribution in [3.05, 3.63) is 261 Å². The summed E-state index contributed by atoms with van der Waals surface area (Å²) in [6.45, 7) is 0. The summed E-state index contributed by atoms with van der Waals surface area (Å²) >= 11 is 0. The number of rotatable bonds is 10. The van der Waals surface area contributed by atoms with Gasteiger partial charge in [0.05, 0.1) is 16.7 Å². The Balaban J connectivity index is 1.11. The molecule has 0 atom stereocenters. The van der Waals surface area contributed by atoms with Gasteiger partial charge in [-0.3, -0.25) is 0 Å². The molecule has 320 valence electrons. The van der Waals surface area contributed by atoms with Crippen LogP contribution in [0.1, 0.15) is 0 Å². The fraction of sp³-hybridized carbons (Fsp3) is 0. The van der Waals surface area contributed by atoms with Crippen molar-refractivity contribution in [2.75, 3.05) is 4.90 Å². The van der Waals surface area contributed by atoms with Crippen molar-refractivity contribution in [1.82, 2.24) is 19.5 Å². The van der Waals surface area contributed by atoms with Crippen molar-refractivity contribution in [3.8, 4) is 73.2 Å². The lowest BCUT2D eigenvalue weighted by molar-refractivity contribution is 1.07. The molecule has 0 aliphatic carbocycles. The van der Waals surface area contributed by atoms with E-state index in [-0.39, 0.29) is 0 Å². The van der Waals surface area contributed by atoms with E-state index in [2.05, 4.69) is 246 Å². The van der Waals surface area contributed by atoms with Crippen LogP contribution in [0, 0.1) is 0 Å². The van der Waals surface area contributed by atoms with Crippen LogP contribution in [0.15, 0.2) is 261 Å². The van der Waals surface area contributed by atoms with Gasteiger partial charge in [-0.15, -0.1) is 0 Å². The Morgan fingerprint density at radius 2 is 0.691 bits per heavy atom. The molecule has 68 heavy (non-hydrogen) atoms. The van der Waals surface area contributed by atoms with E-state index in [1.807, 2.05) is 24.3 Å². The molecule has 0 unspecified atom stereocenters. The van der Waals surface area contributed by atoms with Crippen molar-refractivity contribution >= 4 is 38.9 Å². The van der Waals surface area contributed by atoms with Crippen LogP contribution in [0.5, 0.6) is 0 Å². The molecule has 5 heteroatoms. The normalized spacial score (nSPS) is 11.2. The molecule has 0 spiro atoms. The predicted molar refractivity (Wildman–Crippen MR) is 281 cm³/mol. The zero-order valence-corrected chi connectivity index (χ0v) is 37.1. The third-order valence-corrected chi connectivity index (χ3v) is 12.6. The third kappa shape index (κ3) is 7.58. The van der Waals surface area contributed by atoms with Crippen LogP contribution < -0.4 is 4.90 Å². The molecule has 12 rings (SSSR count). The van der Waals surface area contributed by atoms with E-state index in [0.29, 0.717) is 17.5 Å². The third-order valence-electron chi connectivity index (χ3n) is 12.6. The highest BCUT2D eigenvalue weighted by atomic mass is 15.1. The minimum absolute atomic E-state index is 0.586. The minimum atomic E-state index is 0.586. The van der Waals surface area contributed by atoms with Crippen LogP contribution in [0.25, 0.3) is 95.0 Å². The molecule has 0 aliphatic heterocycles. The summed E-state index contributed by atoms with van der Waals surface area (Å²) in [5.41, 5.74) is 15.7. The number of anilines is 3. The zero-order chi connectivity index (χ0) is 45.2. The Morgan fingerprint density at radius 1 is 0.279 bits per heavy atom. The van der Waals surface area contributed by atoms with E-state index in [9.17, 15) is 0 Å². The Bertz CT molecular complexity index is 3630. The molecule has 2 heterocycles. The van der Waals surface area contributed by atoms with Crippen molar-refractivity contribution < 1.29 is 0 Å². The van der Waals surface area contributed by atoms with Crippen LogP contribution in [0.4, 0.5) is 17.1 Å². The van der Waals surface area contributed by atoms with E-state index < -0.39 is 0 Å². The van der Waals surface area contributed by atoms with Crippen LogP contribution in [0.2, 0.25) is 0 Å². The topological polar surface area (TPSA) is 46.8 Å². The van der Waals surface area contributed by atoms with Crippen LogP contribution in [0.3, 0.4) is 0 Å². The van der Waals surface area contributed by atoms with Crippen LogP contribution in [-0.2, 0) is 0 Å². The molecule has 12 aromatic rings. The summed E-state index contributed by atoms with van der Waals surface area (Å²) in [5, 5.41) is 2.36. The molecule has 0 radical (unpaired) electrons. The highest BCUT2D eigenvalue weighted by Gasteiger charge is 2.26. The summed E-state index contributed by atoms with van der Waals surface area (Å²) in [4.78, 5) is 18.1. The average Bonchev–Trinajstić information content (AvgIpc) is 3.76. The molecule has 0 saturated heterocycles. The van der Waals surface area contributed by atoms with E-state index in [4.69, 9.17) is 15.0 Å². The Kier molecular flexibility index (Phi) is 10.5. The predicted octanol–water partition coefficient (Wildman–Crippen LogP) is 16.4. The Labute approximate surface area is 395 Å². The first-order valence-corrected chi connectivity index (χ1v) is 22.9. The molecule has 5 nitrogen and oxygen atoms in total. The van der Waals surface area contributed by atoms with Crippen molar-refractivity contribution in [3.63, 3.8) is 0 Å². The number of aromatic nitrogens is 4. The maximum atomic E-state index is 5.31. The number of hydrogen-bond acceptors (Lipinski definition) is 4. The van der Waals surface area contributed by atoms with E-state index in [1.54, 1.807) is 0 Å². The van der Waals surface area contributed by atoms with Crippen molar-refractivity contribution in [1.29, 1.82) is 0 Å². The first-order chi connectivity index (χ1) is 33.7. The second kappa shape index (κ2) is 17.7. The van der Waals surface area contributed by atoms with Gasteiger partial charge in [0.1, 0.15) is 0 Å². The first-order valence-electron chi connectivity index (χ1n) is 22.9. The summed E-state index contributed by atoms with van der Waals surface area (Å²) in [6.07, 6.45) is 0. The van der Waals surface area contributed by atoms with Gasteiger partial charge in [0.15, 0.2) is 17.5 Å². The number of para-hydroxylation sites is 3. The fourth-order valence-corrected chi connectivity index (χ4v) is 9.41. The summed E-state index contributed by atoms with van der Waals surface area (Å²) < 4.78 is 2.37. The van der Waals surface area contributed by atoms with Gasteiger partial charge in [0.25, 0.3) is 0 Å². The van der Waals surface area contributed by atoms with Gasteiger partial charge in [-0.05, 0) is 82.9 Å². The smallest absolute Gasteiger partial charge is 0.164 e. The first kappa shape index (κ1) is 40.3. The van der Waals surface area contributed by atoms with Gasteiger partial charge in [-0.25, -0.2) is 15.0 Å². The summed E-state index contributed by atoms with van der Waals surface area (Å²) in [6, 6.07) is 91.9. The van der Waals surface area contributed by atoms with Gasteiger partial charge in [0.2, 0.25) is 0 Å². The Hall–Kier alpha value is -9.19. The van der Waals surface area contributed by atoms with Gasteiger partial charge in [0, 0.05) is 55.7 Å². The quantitative estimate of drug-likeness (QED) is 0.137. The number of fused-ring (bicyclic) bond motifs is 3. The summed E-state index contributed by atoms with van der Waals surface area (Å²) in [5.74, 6) is 1.80. The molecule has 0 aliphatic rings. The lowest BCUT2D eigenvalue weighted by Crippen LogP contribution is -2.13. The molecule has 10 aromatic carbocycles. The lowest BCUT2D eigenvalue weighted by Gasteiger charge is -2.31. The van der Waals surface area contributed by atoms with Gasteiger partial charge >= 0.3 is 0 Å². The van der Waals surface area contributed by atoms with Crippen LogP contribution >= 0.6 is 0 Å². The number of benzene rings is 10. The zero-order valence-electron chi connectivity index (χ0n) is 37.1. The summed E-state index contributed by atoms with van der Waals surface area (Å²) in [7, 11) is 0. The molecule has 0 N–H and O–H groups in total. The van der Waals surface area contributed by atoms with E-state index >= 15 is 0 Å². The van der Waals surface area contributed by atoms with Gasteiger partial charge < -0.3 is 9.47 Å². The van der Waals surface area contributed by atoms with Crippen molar-refractivity contribution in [2.24, 2.45) is 0 Å². The SMILES string of the molecule is c1ccc(-c2ccc(-c3nc(-c4ccccc4)nc(-c4cc(-c5ccccc5)c(N(c5ccccc5)c5ccc6c(c5)c5ccccc5n6-c5ccccc5)c(-c5ccccc5)c4)n3)cc2)cc1. The maximum Gasteiger partial charge on any atom is 0.164 e. The largest absolute Gasteiger partial charge is 0.309 e. The maximum absolute atomic E-state index is 5.31. The monoisotopic (exact) mass is 869 g/mol. The molecular weight excluding hydrogens is 827 g/mol. The lowest BCUT2D eigenvalue weighted by atomic mass is 9.91. The molecular formula is C63H43N5. The molecule has 0 saturated carbocycles. The van der Waals surface area contributed by atoms with E-state index in [1.165, 1.54) is 10.8 Å². The number of nitrogens with zero attached hydrogens (tertiary/aromatic N) is 5. The average molecular weight is 870 g/mol. The highest BCUT2D eigenvalue weighted by Crippen LogP contribution is 2.49. The highest BCUT2D eigenvalue weighted by molar-refractivity contribution is 6.11. The van der Waals surface area contributed by atoms with Crippen LogP contribution in [-0.4, -0.2) is 19.5 Å². The fourth-order valence-electron chi connectivity index (χ4n) is 9.41. The Morgan fingerprint density at radius 3 is 1.26 bits per heavy atom. The second-order valence-corrected chi connectivity index (χ2v) is 16.8. The molecule has 0 amide bonds.